The number of ether oxygens (including phenoxy) is 1. The van der Waals surface area contributed by atoms with Crippen molar-refractivity contribution in [2.24, 2.45) is 5.92 Å². The maximum Gasteiger partial charge on any atom is 0.261 e. The lowest BCUT2D eigenvalue weighted by molar-refractivity contribution is -0.133. The molecule has 0 saturated heterocycles. The highest BCUT2D eigenvalue weighted by Crippen LogP contribution is 2.26. The van der Waals surface area contributed by atoms with E-state index in [1.54, 1.807) is 29.7 Å². The summed E-state index contributed by atoms with van der Waals surface area (Å²) in [5, 5.41) is 9.79. The second kappa shape index (κ2) is 12.9. The molecule has 10 heteroatoms. The minimum Gasteiger partial charge on any atom is -0.494 e. The van der Waals surface area contributed by atoms with Crippen LogP contribution in [0, 0.1) is 5.92 Å². The Hall–Kier alpha value is -2.20. The van der Waals surface area contributed by atoms with Gasteiger partial charge in [-0.2, -0.15) is 4.31 Å². The fourth-order valence-electron chi connectivity index (χ4n) is 3.24. The molecule has 0 saturated carbocycles. The van der Waals surface area contributed by atoms with E-state index in [9.17, 15) is 22.8 Å². The van der Waals surface area contributed by atoms with Crippen molar-refractivity contribution in [2.45, 2.75) is 50.6 Å². The maximum atomic E-state index is 13.6. The predicted octanol–water partition coefficient (Wildman–Crippen LogP) is 4.58. The molecule has 0 bridgehead atoms. The Morgan fingerprint density at radius 2 is 1.76 bits per heavy atom. The van der Waals surface area contributed by atoms with Gasteiger partial charge in [0.05, 0.1) is 18.2 Å². The van der Waals surface area contributed by atoms with E-state index in [4.69, 9.17) is 16.3 Å². The largest absolute Gasteiger partial charge is 0.494 e. The average Bonchev–Trinajstić information content (AvgIpc) is 2.79. The lowest BCUT2D eigenvalue weighted by Crippen LogP contribution is -2.49. The molecule has 2 N–H and O–H groups in total. The summed E-state index contributed by atoms with van der Waals surface area (Å²) >= 11 is 5.95. The van der Waals surface area contributed by atoms with Gasteiger partial charge in [0.15, 0.2) is 0 Å². The van der Waals surface area contributed by atoms with Crippen LogP contribution in [0.25, 0.3) is 0 Å². The number of hydrogen-bond acceptors (Lipinski definition) is 5. The molecule has 1 unspecified atom stereocenters. The van der Waals surface area contributed by atoms with Crippen LogP contribution in [0.3, 0.4) is 0 Å². The average molecular weight is 501 g/mol. The number of benzene rings is 2. The number of rotatable bonds is 13. The molecule has 2 aromatic carbocycles. The van der Waals surface area contributed by atoms with E-state index in [2.05, 4.69) is 0 Å². The van der Waals surface area contributed by atoms with Gasteiger partial charge in [0.25, 0.3) is 5.91 Å². The monoisotopic (exact) mass is 500 g/mol. The van der Waals surface area contributed by atoms with Crippen LogP contribution in [-0.2, 0) is 21.4 Å². The van der Waals surface area contributed by atoms with Gasteiger partial charge in [0.1, 0.15) is 11.8 Å². The summed E-state index contributed by atoms with van der Waals surface area (Å²) in [6, 6.07) is 11.4. The molecule has 1 atom stereocenters. The van der Waals surface area contributed by atoms with Crippen LogP contribution in [0.2, 0.25) is 5.02 Å². The lowest BCUT2D eigenvalue weighted by Gasteiger charge is -2.30. The Morgan fingerprint density at radius 3 is 2.30 bits per heavy atom. The third kappa shape index (κ3) is 7.96. The Kier molecular flexibility index (Phi) is 10.6. The van der Waals surface area contributed by atoms with Crippen molar-refractivity contribution < 1.29 is 27.5 Å². The fraction of sp³-hybridized carbons (Fsp3) is 0.435. The zero-order valence-electron chi connectivity index (χ0n) is 18.7. The van der Waals surface area contributed by atoms with Crippen LogP contribution in [0.1, 0.15) is 38.7 Å². The van der Waals surface area contributed by atoms with Crippen molar-refractivity contribution in [1.29, 1.82) is 0 Å². The van der Waals surface area contributed by atoms with E-state index in [1.165, 1.54) is 24.3 Å². The number of nitrogens with zero attached hydrogens (tertiary/aromatic N) is 1. The first kappa shape index (κ1) is 27.0. The molecular weight excluding hydrogens is 471 g/mol. The zero-order chi connectivity index (χ0) is 24.4. The minimum atomic E-state index is -4.13. The molecule has 0 fully saturated rings. The second-order valence-electron chi connectivity index (χ2n) is 8.01. The summed E-state index contributed by atoms with van der Waals surface area (Å²) in [4.78, 5) is 12.5. The Morgan fingerprint density at radius 1 is 1.12 bits per heavy atom. The highest BCUT2D eigenvalue weighted by molar-refractivity contribution is 7.89. The number of alkyl halides is 1. The minimum absolute atomic E-state index is 0.0182. The highest BCUT2D eigenvalue weighted by Gasteiger charge is 2.36. The van der Waals surface area contributed by atoms with Gasteiger partial charge < -0.3 is 4.74 Å². The molecule has 1 amide bonds. The van der Waals surface area contributed by atoms with Crippen LogP contribution in [0.15, 0.2) is 53.4 Å². The van der Waals surface area contributed by atoms with Gasteiger partial charge in [-0.25, -0.2) is 13.9 Å². The SMILES string of the molecule is CC(C)CC(C(=O)NO)N(Cc1ccc(Cl)cc1)S(=O)(=O)c1ccc(OCCCCF)cc1. The van der Waals surface area contributed by atoms with Crippen molar-refractivity contribution in [3.05, 3.63) is 59.1 Å². The number of carbonyl (C=O) groups is 1. The van der Waals surface area contributed by atoms with E-state index >= 15 is 0 Å². The summed E-state index contributed by atoms with van der Waals surface area (Å²) in [6.45, 7) is 3.54. The number of hydroxylamine groups is 1. The topological polar surface area (TPSA) is 95.9 Å². The number of carbonyl (C=O) groups excluding carboxylic acids is 1. The van der Waals surface area contributed by atoms with Gasteiger partial charge in [-0.3, -0.25) is 14.4 Å². The van der Waals surface area contributed by atoms with Gasteiger partial charge in [0, 0.05) is 11.6 Å². The molecule has 0 aliphatic carbocycles. The van der Waals surface area contributed by atoms with Crippen LogP contribution >= 0.6 is 11.6 Å². The predicted molar refractivity (Wildman–Crippen MR) is 124 cm³/mol. The third-order valence-electron chi connectivity index (χ3n) is 4.93. The van der Waals surface area contributed by atoms with Crippen molar-refractivity contribution in [2.75, 3.05) is 13.3 Å². The highest BCUT2D eigenvalue weighted by atomic mass is 35.5. The number of amides is 1. The molecule has 0 radical (unpaired) electrons. The molecular formula is C23H30ClFN2O5S. The summed E-state index contributed by atoms with van der Waals surface area (Å²) < 4.78 is 46.0. The standard InChI is InChI=1S/C23H30ClFN2O5S/c1-17(2)15-22(23(28)26-29)27(16-18-5-7-19(24)8-6-18)33(30,31)21-11-9-20(10-12-21)32-14-4-3-13-25/h5-12,17,22,29H,3-4,13-16H2,1-2H3,(H,26,28). The Labute approximate surface area is 199 Å². The van der Waals surface area contributed by atoms with Gasteiger partial charge >= 0.3 is 0 Å². The first-order valence-electron chi connectivity index (χ1n) is 10.7. The summed E-state index contributed by atoms with van der Waals surface area (Å²) in [6.07, 6.45) is 1.16. The van der Waals surface area contributed by atoms with E-state index < -0.39 is 28.6 Å². The number of hydrogen-bond donors (Lipinski definition) is 2. The fourth-order valence-corrected chi connectivity index (χ4v) is 4.95. The Bertz CT molecular complexity index is 985. The van der Waals surface area contributed by atoms with Crippen LogP contribution < -0.4 is 10.2 Å². The second-order valence-corrected chi connectivity index (χ2v) is 10.3. The van der Waals surface area contributed by atoms with Crippen molar-refractivity contribution in [3.8, 4) is 5.75 Å². The molecule has 33 heavy (non-hydrogen) atoms. The summed E-state index contributed by atoms with van der Waals surface area (Å²) in [5.74, 6) is -0.367. The molecule has 2 aromatic rings. The third-order valence-corrected chi connectivity index (χ3v) is 7.05. The van der Waals surface area contributed by atoms with E-state index in [0.29, 0.717) is 35.8 Å². The normalized spacial score (nSPS) is 12.7. The van der Waals surface area contributed by atoms with Gasteiger partial charge in [-0.15, -0.1) is 0 Å². The molecule has 0 aliphatic rings. The van der Waals surface area contributed by atoms with Crippen LogP contribution in [-0.4, -0.2) is 43.2 Å². The van der Waals surface area contributed by atoms with Crippen molar-refractivity contribution in [1.82, 2.24) is 9.79 Å². The maximum absolute atomic E-state index is 13.6. The first-order chi connectivity index (χ1) is 15.7. The summed E-state index contributed by atoms with van der Waals surface area (Å²) in [5.41, 5.74) is 2.23. The van der Waals surface area contributed by atoms with E-state index in [0.717, 1.165) is 4.31 Å². The Balaban J connectivity index is 2.38. The number of unbranched alkanes of at least 4 members (excludes halogenated alkanes) is 1. The molecule has 182 valence electrons. The molecule has 0 spiro atoms. The summed E-state index contributed by atoms with van der Waals surface area (Å²) in [7, 11) is -4.13. The molecule has 2 rings (SSSR count). The van der Waals surface area contributed by atoms with Crippen molar-refractivity contribution in [3.63, 3.8) is 0 Å². The first-order valence-corrected chi connectivity index (χ1v) is 12.5. The number of halogens is 2. The quantitative estimate of drug-likeness (QED) is 0.238. The number of nitrogens with one attached hydrogen (secondary N) is 1. The molecule has 7 nitrogen and oxygen atoms in total. The molecule has 0 heterocycles. The van der Waals surface area contributed by atoms with E-state index in [1.807, 2.05) is 13.8 Å². The van der Waals surface area contributed by atoms with E-state index in [-0.39, 0.29) is 23.8 Å². The van der Waals surface area contributed by atoms with Crippen LogP contribution in [0.5, 0.6) is 5.75 Å². The lowest BCUT2D eigenvalue weighted by atomic mass is 10.0. The van der Waals surface area contributed by atoms with Gasteiger partial charge in [0.2, 0.25) is 10.0 Å². The van der Waals surface area contributed by atoms with Crippen LogP contribution in [0.4, 0.5) is 4.39 Å². The zero-order valence-corrected chi connectivity index (χ0v) is 20.3. The van der Waals surface area contributed by atoms with Gasteiger partial charge in [-0.05, 0) is 67.1 Å². The molecule has 0 aromatic heterocycles. The van der Waals surface area contributed by atoms with Crippen molar-refractivity contribution >= 4 is 27.5 Å². The smallest absolute Gasteiger partial charge is 0.261 e. The van der Waals surface area contributed by atoms with Gasteiger partial charge in [-0.1, -0.05) is 37.6 Å². The number of sulfonamides is 1. The molecule has 0 aliphatic heterocycles.